The van der Waals surface area contributed by atoms with Gasteiger partial charge < -0.3 is 0 Å². The van der Waals surface area contributed by atoms with E-state index in [2.05, 4.69) is 26.2 Å². The fourth-order valence-electron chi connectivity index (χ4n) is 5.14. The molecule has 0 radical (unpaired) electrons. The standard InChI is InChI=1S/C8H17NOS.C7H15NOS.2C5H11NOS.2C4H9NOS/c1-8(2,3)11(10)7-5-4-6-9-11;1-7(2,3)10(9)6-4-5-8-10;2*1-8(7)5-3-2-4-6-8;2*1-7(6)4-2-3-5-7/h4-7H2,1-3H3;4-6H2,1-3H3;2*2-5H2,1H3;2*2-4H2,1H3/t;;2*8-;2*7-/m..1010/s1. The Morgan fingerprint density at radius 1 is 0.314 bits per heavy atom. The Labute approximate surface area is 315 Å². The molecule has 0 saturated heterocycles. The van der Waals surface area contributed by atoms with E-state index in [1.54, 1.807) is 25.0 Å². The van der Waals surface area contributed by atoms with Crippen LogP contribution in [0.1, 0.15) is 99.3 Å². The summed E-state index contributed by atoms with van der Waals surface area (Å²) in [5.41, 5.74) is 0. The third-order valence-corrected chi connectivity index (χ3v) is 22.4. The number of rotatable bonds is 0. The first kappa shape index (κ1) is 48.7. The molecule has 0 aromatic heterocycles. The van der Waals surface area contributed by atoms with Crippen LogP contribution < -0.4 is 0 Å². The molecule has 6 aliphatic heterocycles. The summed E-state index contributed by atoms with van der Waals surface area (Å²) in [5.74, 6) is 4.85. The zero-order valence-corrected chi connectivity index (χ0v) is 38.3. The van der Waals surface area contributed by atoms with Crippen LogP contribution in [0.2, 0.25) is 0 Å². The Balaban J connectivity index is 0.000000308. The molecule has 6 rings (SSSR count). The summed E-state index contributed by atoms with van der Waals surface area (Å²) in [6, 6.07) is 0. The highest BCUT2D eigenvalue weighted by Crippen LogP contribution is 2.24. The summed E-state index contributed by atoms with van der Waals surface area (Å²) in [6.07, 6.45) is 16.6. The minimum atomic E-state index is -1.88. The van der Waals surface area contributed by atoms with Gasteiger partial charge in [-0.15, -0.1) is 0 Å². The molecule has 0 N–H and O–H groups in total. The van der Waals surface area contributed by atoms with E-state index in [-0.39, 0.29) is 9.49 Å². The van der Waals surface area contributed by atoms with Gasteiger partial charge in [0.05, 0.1) is 19.5 Å². The molecule has 0 saturated carbocycles. The van der Waals surface area contributed by atoms with Crippen molar-refractivity contribution < 1.29 is 25.3 Å². The summed E-state index contributed by atoms with van der Waals surface area (Å²) >= 11 is 0. The second kappa shape index (κ2) is 21.1. The quantitative estimate of drug-likeness (QED) is 0.271. The van der Waals surface area contributed by atoms with E-state index in [4.69, 9.17) is 0 Å². The minimum Gasteiger partial charge on any atom is -0.250 e. The third kappa shape index (κ3) is 20.3. The highest BCUT2D eigenvalue weighted by molar-refractivity contribution is 7.95. The van der Waals surface area contributed by atoms with Gasteiger partial charge in [0.25, 0.3) is 0 Å². The Hall–Kier alpha value is -0.300. The molecular weight excluding hydrogens is 769 g/mol. The van der Waals surface area contributed by atoms with E-state index < -0.39 is 58.4 Å². The summed E-state index contributed by atoms with van der Waals surface area (Å²) < 4.78 is 91.6. The molecule has 6 atom stereocenters. The maximum absolute atomic E-state index is 12.1. The van der Waals surface area contributed by atoms with Crippen LogP contribution in [0.5, 0.6) is 0 Å². The molecule has 6 heterocycles. The molecule has 306 valence electrons. The molecule has 0 spiro atoms. The minimum absolute atomic E-state index is 0.122. The zero-order chi connectivity index (χ0) is 39.1. The first-order chi connectivity index (χ1) is 23.2. The van der Waals surface area contributed by atoms with Crippen molar-refractivity contribution in [1.29, 1.82) is 0 Å². The molecule has 0 amide bonds. The number of hydrogen-bond donors (Lipinski definition) is 0. The SMILES string of the molecule is CC(C)(C)S1(=O)=NCCC1.CC(C)(C)S1(=O)=NCCCC1.C[S@@]1(=O)=NCCC1.C[S@@]1(=O)=NCCCC1.C[S@]1(=O)=NCCC1.C[S@]1(=O)=NCCCC1. The topological polar surface area (TPSA) is 177 Å². The molecular formula is C33H72N6O6S6. The van der Waals surface area contributed by atoms with Gasteiger partial charge in [-0.2, -0.15) is 0 Å². The highest BCUT2D eigenvalue weighted by Gasteiger charge is 2.29. The highest BCUT2D eigenvalue weighted by atomic mass is 32.2. The average Bonchev–Trinajstić information content (AvgIpc) is 3.75. The monoisotopic (exact) mass is 840 g/mol. The van der Waals surface area contributed by atoms with E-state index in [0.29, 0.717) is 0 Å². The van der Waals surface area contributed by atoms with Crippen LogP contribution in [0.15, 0.2) is 26.2 Å². The van der Waals surface area contributed by atoms with E-state index >= 15 is 0 Å². The van der Waals surface area contributed by atoms with Crippen molar-refractivity contribution in [3.05, 3.63) is 0 Å². The average molecular weight is 841 g/mol. The van der Waals surface area contributed by atoms with Crippen molar-refractivity contribution in [1.82, 2.24) is 0 Å². The molecule has 2 unspecified atom stereocenters. The summed E-state index contributed by atoms with van der Waals surface area (Å²) in [4.78, 5) is 0. The fraction of sp³-hybridized carbons (Fsp3) is 1.00. The van der Waals surface area contributed by atoms with Gasteiger partial charge in [-0.3, -0.25) is 16.8 Å². The van der Waals surface area contributed by atoms with Gasteiger partial charge in [-0.25, -0.2) is 34.6 Å². The maximum atomic E-state index is 12.1. The molecule has 0 aromatic rings. The molecule has 0 fully saturated rings. The lowest BCUT2D eigenvalue weighted by Crippen LogP contribution is -2.32. The van der Waals surface area contributed by atoms with E-state index in [1.807, 2.05) is 41.5 Å². The zero-order valence-electron chi connectivity index (χ0n) is 33.4. The lowest BCUT2D eigenvalue weighted by Gasteiger charge is -2.26. The molecule has 12 nitrogen and oxygen atoms in total. The van der Waals surface area contributed by atoms with Gasteiger partial charge in [0.2, 0.25) is 0 Å². The van der Waals surface area contributed by atoms with Crippen LogP contribution in [0.3, 0.4) is 0 Å². The van der Waals surface area contributed by atoms with Crippen LogP contribution in [-0.2, 0) is 58.4 Å². The molecule has 0 aromatic carbocycles. The van der Waals surface area contributed by atoms with Gasteiger partial charge >= 0.3 is 0 Å². The smallest absolute Gasteiger partial charge is 0.0518 e. The first-order valence-corrected chi connectivity index (χ1v) is 30.0. The second-order valence-electron chi connectivity index (χ2n) is 15.9. The Morgan fingerprint density at radius 3 is 0.647 bits per heavy atom. The van der Waals surface area contributed by atoms with E-state index in [9.17, 15) is 25.3 Å². The van der Waals surface area contributed by atoms with Crippen LogP contribution in [0, 0.1) is 0 Å². The molecule has 51 heavy (non-hydrogen) atoms. The second-order valence-corrected chi connectivity index (χ2v) is 32.6. The predicted molar refractivity (Wildman–Crippen MR) is 227 cm³/mol. The lowest BCUT2D eigenvalue weighted by atomic mass is 10.3. The van der Waals surface area contributed by atoms with Gasteiger partial charge in [0.15, 0.2) is 0 Å². The normalized spacial score (nSPS) is 37.1. The van der Waals surface area contributed by atoms with Crippen molar-refractivity contribution in [2.75, 3.05) is 98.8 Å². The molecule has 18 heteroatoms. The molecule has 6 aliphatic rings. The predicted octanol–water partition coefficient (Wildman–Crippen LogP) is 6.44. The fourth-order valence-corrected chi connectivity index (χ4v) is 14.7. The number of nitrogens with zero attached hydrogens (tertiary/aromatic N) is 6. The van der Waals surface area contributed by atoms with Crippen molar-refractivity contribution in [3.63, 3.8) is 0 Å². The van der Waals surface area contributed by atoms with Crippen molar-refractivity contribution in [2.45, 2.75) is 109 Å². The summed E-state index contributed by atoms with van der Waals surface area (Å²) in [6.45, 7) is 16.9. The largest absolute Gasteiger partial charge is 0.250 e. The van der Waals surface area contributed by atoms with Crippen LogP contribution in [0.25, 0.3) is 0 Å². The van der Waals surface area contributed by atoms with Crippen molar-refractivity contribution in [2.24, 2.45) is 26.2 Å². The Kier molecular flexibility index (Phi) is 20.2. The van der Waals surface area contributed by atoms with Crippen LogP contribution >= 0.6 is 0 Å². The van der Waals surface area contributed by atoms with Crippen molar-refractivity contribution in [3.8, 4) is 0 Å². The van der Waals surface area contributed by atoms with Crippen LogP contribution in [0.4, 0.5) is 0 Å². The summed E-state index contributed by atoms with van der Waals surface area (Å²) in [7, 11) is -10.5. The van der Waals surface area contributed by atoms with E-state index in [0.717, 1.165) is 132 Å². The van der Waals surface area contributed by atoms with Gasteiger partial charge in [0, 0.05) is 147 Å². The molecule has 0 aliphatic carbocycles. The lowest BCUT2D eigenvalue weighted by molar-refractivity contribution is 0.621. The third-order valence-electron chi connectivity index (χ3n) is 8.60. The van der Waals surface area contributed by atoms with Gasteiger partial charge in [-0.05, 0) is 99.3 Å². The molecule has 0 bridgehead atoms. The van der Waals surface area contributed by atoms with E-state index in [1.165, 1.54) is 0 Å². The Morgan fingerprint density at radius 2 is 0.529 bits per heavy atom. The van der Waals surface area contributed by atoms with Gasteiger partial charge in [-0.1, -0.05) is 0 Å². The van der Waals surface area contributed by atoms with Crippen LogP contribution in [-0.4, -0.2) is 134 Å². The first-order valence-electron chi connectivity index (χ1n) is 18.3. The number of hydrogen-bond acceptors (Lipinski definition) is 12. The summed E-state index contributed by atoms with van der Waals surface area (Å²) in [5, 5.41) is 0. The Bertz CT molecular complexity index is 1780. The maximum Gasteiger partial charge on any atom is 0.0518 e. The van der Waals surface area contributed by atoms with Gasteiger partial charge in [0.1, 0.15) is 0 Å². The van der Waals surface area contributed by atoms with Crippen molar-refractivity contribution >= 4 is 58.4 Å².